The number of aryl methyl sites for hydroxylation is 4. The van der Waals surface area contributed by atoms with Gasteiger partial charge in [0.05, 0.1) is 0 Å². The molecule has 13 aromatic rings. The van der Waals surface area contributed by atoms with E-state index in [1.807, 2.05) is 0 Å². The molecule has 72 heavy (non-hydrogen) atoms. The number of nitriles is 1. The van der Waals surface area contributed by atoms with Gasteiger partial charge in [-0.15, -0.1) is 0 Å². The Morgan fingerprint density at radius 3 is 1.18 bits per heavy atom. The summed E-state index contributed by atoms with van der Waals surface area (Å²) in [6, 6.07) is 78.1. The zero-order valence-electron chi connectivity index (χ0n) is 40.4. The highest BCUT2D eigenvalue weighted by molar-refractivity contribution is 6.20. The molecule has 2 aromatic heterocycles. The summed E-state index contributed by atoms with van der Waals surface area (Å²) < 4.78 is 13.4. The fraction of sp³-hybridized carbons (Fsp3) is 0.0597. The van der Waals surface area contributed by atoms with Crippen LogP contribution in [-0.4, -0.2) is 0 Å². The maximum Gasteiger partial charge on any atom is 0.157 e. The summed E-state index contributed by atoms with van der Waals surface area (Å²) in [7, 11) is 0. The Kier molecular flexibility index (Phi) is 10.1. The van der Waals surface area contributed by atoms with Gasteiger partial charge in [0, 0.05) is 55.7 Å². The third-order valence-electron chi connectivity index (χ3n) is 14.5. The third-order valence-corrected chi connectivity index (χ3v) is 14.5. The summed E-state index contributed by atoms with van der Waals surface area (Å²) in [5.41, 5.74) is 18.8. The van der Waals surface area contributed by atoms with E-state index in [4.69, 9.17) is 8.83 Å². The minimum absolute atomic E-state index is 0.392. The van der Waals surface area contributed by atoms with E-state index in [1.165, 1.54) is 33.4 Å². The number of benzene rings is 11. The first-order valence-electron chi connectivity index (χ1n) is 24.4. The third kappa shape index (κ3) is 7.07. The van der Waals surface area contributed by atoms with Gasteiger partial charge in [-0.05, 0) is 173 Å². The van der Waals surface area contributed by atoms with Crippen LogP contribution in [0.25, 0.3) is 87.7 Å². The first-order valence-corrected chi connectivity index (χ1v) is 24.4. The molecular formula is C67H47N3O2. The van der Waals surface area contributed by atoms with Crippen molar-refractivity contribution >= 4 is 99.5 Å². The predicted molar refractivity (Wildman–Crippen MR) is 300 cm³/mol. The summed E-state index contributed by atoms with van der Waals surface area (Å²) in [4.78, 5) is 4.73. The Balaban J connectivity index is 0.926. The first kappa shape index (κ1) is 42.7. The summed E-state index contributed by atoms with van der Waals surface area (Å²) in [6.45, 7) is 8.68. The Morgan fingerprint density at radius 2 is 0.750 bits per heavy atom. The number of hydrogen-bond donors (Lipinski definition) is 0. The van der Waals surface area contributed by atoms with E-state index in [2.05, 4.69) is 256 Å². The van der Waals surface area contributed by atoms with Gasteiger partial charge in [0.15, 0.2) is 11.2 Å². The minimum Gasteiger partial charge on any atom is -0.454 e. The fourth-order valence-corrected chi connectivity index (χ4v) is 10.7. The zero-order valence-corrected chi connectivity index (χ0v) is 40.4. The lowest BCUT2D eigenvalue weighted by atomic mass is 9.99. The van der Waals surface area contributed by atoms with E-state index in [-0.39, 0.29) is 0 Å². The lowest BCUT2D eigenvalue weighted by Gasteiger charge is -2.29. The van der Waals surface area contributed by atoms with E-state index in [9.17, 15) is 5.26 Å². The van der Waals surface area contributed by atoms with Crippen LogP contribution in [0.5, 0.6) is 0 Å². The molecule has 0 spiro atoms. The van der Waals surface area contributed by atoms with Crippen LogP contribution in [0.2, 0.25) is 0 Å². The van der Waals surface area contributed by atoms with Gasteiger partial charge in [-0.25, -0.2) is 0 Å². The molecule has 342 valence electrons. The van der Waals surface area contributed by atoms with Crippen LogP contribution in [0.3, 0.4) is 0 Å². The number of para-hydroxylation sites is 2. The molecule has 5 heteroatoms. The molecule has 0 amide bonds. The molecule has 0 aliphatic rings. The molecule has 11 aromatic carbocycles. The average molecular weight is 926 g/mol. The van der Waals surface area contributed by atoms with Gasteiger partial charge in [-0.2, -0.15) is 5.26 Å². The highest BCUT2D eigenvalue weighted by Crippen LogP contribution is 2.46. The number of hydrogen-bond acceptors (Lipinski definition) is 5. The second kappa shape index (κ2) is 16.9. The summed E-state index contributed by atoms with van der Waals surface area (Å²) in [6.07, 6.45) is 0. The number of nitrogens with zero attached hydrogens (tertiary/aromatic N) is 3. The van der Waals surface area contributed by atoms with Crippen LogP contribution in [0.15, 0.2) is 221 Å². The van der Waals surface area contributed by atoms with Crippen LogP contribution in [0.1, 0.15) is 27.8 Å². The van der Waals surface area contributed by atoms with Crippen LogP contribution < -0.4 is 9.80 Å². The Bertz CT molecular complexity index is 4080. The fourth-order valence-electron chi connectivity index (χ4n) is 10.7. The smallest absolute Gasteiger partial charge is 0.157 e. The topological polar surface area (TPSA) is 56.6 Å². The van der Waals surface area contributed by atoms with Crippen LogP contribution in [0.4, 0.5) is 34.1 Å². The SMILES string of the molecule is Cc1ccccc1N(c1ccc2cc3c(cc2c1)oc1c(C#N)c2oc4cc5cc(N(c6ccccc6C)c6cc(-c7ccccc7)ccc6C)ccc5cc4c2cc13)c1cc(-c2ccccc2)ccc1C. The van der Waals surface area contributed by atoms with Gasteiger partial charge in [-0.3, -0.25) is 0 Å². The molecule has 0 aliphatic heterocycles. The van der Waals surface area contributed by atoms with Gasteiger partial charge in [-0.1, -0.05) is 133 Å². The minimum atomic E-state index is 0.392. The summed E-state index contributed by atoms with van der Waals surface area (Å²) in [5.74, 6) is 0. The molecule has 5 nitrogen and oxygen atoms in total. The van der Waals surface area contributed by atoms with E-state index in [0.717, 1.165) is 88.3 Å². The highest BCUT2D eigenvalue weighted by Gasteiger charge is 2.24. The van der Waals surface area contributed by atoms with Crippen molar-refractivity contribution in [2.24, 2.45) is 0 Å². The molecule has 0 saturated carbocycles. The standard InChI is InChI=1S/C67H47N3O2/c1-41-15-11-13-21-60(41)69(62-35-49(25-23-43(62)3)45-17-7-5-8-18-45)53-29-27-47-33-55-57-39-58-56-34-48-28-30-54(32-52(48)38-65(56)72-67(58)59(40-68)66(57)71-64(55)37-51(47)31-53)70(61-22-14-12-16-42(61)2)63-36-50(26-24-44(63)4)46-19-9-6-10-20-46/h5-39H,1-4H3. The second-order valence-electron chi connectivity index (χ2n) is 19.1. The van der Waals surface area contributed by atoms with Crippen molar-refractivity contribution in [3.8, 4) is 28.3 Å². The maximum atomic E-state index is 10.9. The molecule has 2 heterocycles. The monoisotopic (exact) mass is 925 g/mol. The lowest BCUT2D eigenvalue weighted by Crippen LogP contribution is -2.12. The molecule has 0 saturated heterocycles. The lowest BCUT2D eigenvalue weighted by molar-refractivity contribution is 0.654. The van der Waals surface area contributed by atoms with Gasteiger partial charge < -0.3 is 18.6 Å². The normalized spacial score (nSPS) is 11.6. The largest absolute Gasteiger partial charge is 0.454 e. The number of rotatable bonds is 8. The van der Waals surface area contributed by atoms with Crippen molar-refractivity contribution < 1.29 is 8.83 Å². The molecule has 0 atom stereocenters. The van der Waals surface area contributed by atoms with Crippen LogP contribution in [-0.2, 0) is 0 Å². The van der Waals surface area contributed by atoms with Gasteiger partial charge >= 0.3 is 0 Å². The maximum absolute atomic E-state index is 10.9. The molecule has 13 rings (SSSR count). The average Bonchev–Trinajstić information content (AvgIpc) is 3.95. The van der Waals surface area contributed by atoms with E-state index in [0.29, 0.717) is 27.9 Å². The van der Waals surface area contributed by atoms with Crippen molar-refractivity contribution in [1.29, 1.82) is 5.26 Å². The van der Waals surface area contributed by atoms with Crippen molar-refractivity contribution in [3.63, 3.8) is 0 Å². The molecule has 0 unspecified atom stereocenters. The Hall–Kier alpha value is -9.37. The summed E-state index contributed by atoms with van der Waals surface area (Å²) >= 11 is 0. The zero-order chi connectivity index (χ0) is 48.6. The first-order chi connectivity index (χ1) is 35.3. The Morgan fingerprint density at radius 1 is 0.333 bits per heavy atom. The highest BCUT2D eigenvalue weighted by atomic mass is 16.3. The van der Waals surface area contributed by atoms with E-state index in [1.54, 1.807) is 0 Å². The van der Waals surface area contributed by atoms with Crippen molar-refractivity contribution in [2.75, 3.05) is 9.80 Å². The van der Waals surface area contributed by atoms with Crippen molar-refractivity contribution in [3.05, 3.63) is 240 Å². The molecule has 0 aliphatic carbocycles. The quantitative estimate of drug-likeness (QED) is 0.152. The van der Waals surface area contributed by atoms with Gasteiger partial charge in [0.2, 0.25) is 0 Å². The molecule has 0 fully saturated rings. The predicted octanol–water partition coefficient (Wildman–Crippen LogP) is 19.2. The van der Waals surface area contributed by atoms with Crippen LogP contribution >= 0.6 is 0 Å². The summed E-state index contributed by atoms with van der Waals surface area (Å²) in [5, 5.41) is 18.8. The molecular weight excluding hydrogens is 879 g/mol. The molecule has 0 N–H and O–H groups in total. The second-order valence-corrected chi connectivity index (χ2v) is 19.1. The molecule has 0 bridgehead atoms. The van der Waals surface area contributed by atoms with Crippen molar-refractivity contribution in [2.45, 2.75) is 27.7 Å². The van der Waals surface area contributed by atoms with Crippen LogP contribution in [0, 0.1) is 39.0 Å². The van der Waals surface area contributed by atoms with Gasteiger partial charge in [0.1, 0.15) is 22.8 Å². The van der Waals surface area contributed by atoms with E-state index < -0.39 is 0 Å². The number of anilines is 6. The van der Waals surface area contributed by atoms with E-state index >= 15 is 0 Å². The Labute approximate surface area is 417 Å². The van der Waals surface area contributed by atoms with Gasteiger partial charge in [0.25, 0.3) is 0 Å². The number of fused-ring (bicyclic) bond motifs is 8. The van der Waals surface area contributed by atoms with Crippen molar-refractivity contribution in [1.82, 2.24) is 0 Å². The molecule has 0 radical (unpaired) electrons. The number of furan rings is 2.